The van der Waals surface area contributed by atoms with Crippen LogP contribution in [0.25, 0.3) is 0 Å². The Bertz CT molecular complexity index is 461. The molecule has 0 bridgehead atoms. The van der Waals surface area contributed by atoms with Gasteiger partial charge in [-0.3, -0.25) is 0 Å². The minimum Gasteiger partial charge on any atom is -0.335 e. The van der Waals surface area contributed by atoms with Crippen LogP contribution >= 0.6 is 11.6 Å². The van der Waals surface area contributed by atoms with Crippen LogP contribution in [0.3, 0.4) is 0 Å². The lowest BCUT2D eigenvalue weighted by molar-refractivity contribution is 0.190. The standard InChI is InChI=1S/C11H13ClN4O/c12-10-5-7-3-4-16(6-9(7)14-15-10)11(17)13-8-1-2-8/h5,8H,1-4,6H2,(H,13,17). The van der Waals surface area contributed by atoms with E-state index in [-0.39, 0.29) is 6.03 Å². The molecule has 1 aliphatic carbocycles. The summed E-state index contributed by atoms with van der Waals surface area (Å²) < 4.78 is 0. The zero-order valence-electron chi connectivity index (χ0n) is 9.32. The molecule has 1 aromatic rings. The number of nitrogens with zero attached hydrogens (tertiary/aromatic N) is 3. The van der Waals surface area contributed by atoms with E-state index >= 15 is 0 Å². The molecule has 1 aromatic heterocycles. The highest BCUT2D eigenvalue weighted by molar-refractivity contribution is 6.29. The maximum Gasteiger partial charge on any atom is 0.317 e. The van der Waals surface area contributed by atoms with Crippen molar-refractivity contribution in [2.75, 3.05) is 6.54 Å². The fourth-order valence-corrected chi connectivity index (χ4v) is 2.13. The predicted octanol–water partition coefficient (Wildman–Crippen LogP) is 1.36. The van der Waals surface area contributed by atoms with Gasteiger partial charge in [-0.25, -0.2) is 4.79 Å². The summed E-state index contributed by atoms with van der Waals surface area (Å²) in [6.45, 7) is 1.24. The number of hydrogen-bond acceptors (Lipinski definition) is 3. The number of nitrogens with one attached hydrogen (secondary N) is 1. The monoisotopic (exact) mass is 252 g/mol. The van der Waals surface area contributed by atoms with Crippen LogP contribution in [0, 0.1) is 0 Å². The first kappa shape index (κ1) is 10.8. The van der Waals surface area contributed by atoms with E-state index in [4.69, 9.17) is 11.6 Å². The molecule has 3 rings (SSSR count). The van der Waals surface area contributed by atoms with Crippen molar-refractivity contribution in [3.63, 3.8) is 0 Å². The molecule has 2 heterocycles. The van der Waals surface area contributed by atoms with Crippen LogP contribution in [0.1, 0.15) is 24.1 Å². The zero-order valence-corrected chi connectivity index (χ0v) is 10.1. The van der Waals surface area contributed by atoms with E-state index in [0.717, 1.165) is 30.5 Å². The summed E-state index contributed by atoms with van der Waals surface area (Å²) in [6.07, 6.45) is 3.00. The minimum absolute atomic E-state index is 0.00917. The van der Waals surface area contributed by atoms with Crippen molar-refractivity contribution in [3.05, 3.63) is 22.5 Å². The average molecular weight is 253 g/mol. The topological polar surface area (TPSA) is 58.1 Å². The van der Waals surface area contributed by atoms with Crippen molar-refractivity contribution < 1.29 is 4.79 Å². The van der Waals surface area contributed by atoms with Gasteiger partial charge in [0.2, 0.25) is 0 Å². The molecular weight excluding hydrogens is 240 g/mol. The summed E-state index contributed by atoms with van der Waals surface area (Å²) >= 11 is 5.79. The molecule has 17 heavy (non-hydrogen) atoms. The van der Waals surface area contributed by atoms with Crippen LogP contribution in [0.2, 0.25) is 5.15 Å². The van der Waals surface area contributed by atoms with Crippen molar-refractivity contribution in [1.29, 1.82) is 0 Å². The van der Waals surface area contributed by atoms with Crippen LogP contribution in [0.5, 0.6) is 0 Å². The number of urea groups is 1. The summed E-state index contributed by atoms with van der Waals surface area (Å²) in [5, 5.41) is 11.3. The van der Waals surface area contributed by atoms with E-state index < -0.39 is 0 Å². The van der Waals surface area contributed by atoms with Gasteiger partial charge in [0.1, 0.15) is 0 Å². The van der Waals surface area contributed by atoms with Gasteiger partial charge in [0, 0.05) is 12.6 Å². The first-order chi connectivity index (χ1) is 8.22. The van der Waals surface area contributed by atoms with Gasteiger partial charge in [-0.1, -0.05) is 11.6 Å². The van der Waals surface area contributed by atoms with Gasteiger partial charge in [-0.15, -0.1) is 5.10 Å². The minimum atomic E-state index is 0.00917. The molecule has 6 heteroatoms. The van der Waals surface area contributed by atoms with Gasteiger partial charge in [0.25, 0.3) is 0 Å². The molecule has 5 nitrogen and oxygen atoms in total. The molecule has 0 radical (unpaired) electrons. The van der Waals surface area contributed by atoms with Gasteiger partial charge in [0.05, 0.1) is 12.2 Å². The van der Waals surface area contributed by atoms with Crippen molar-refractivity contribution in [2.24, 2.45) is 0 Å². The highest BCUT2D eigenvalue weighted by atomic mass is 35.5. The summed E-state index contributed by atoms with van der Waals surface area (Å²) in [5.74, 6) is 0. The largest absolute Gasteiger partial charge is 0.335 e. The van der Waals surface area contributed by atoms with Crippen molar-refractivity contribution in [2.45, 2.75) is 31.8 Å². The molecule has 0 aromatic carbocycles. The summed E-state index contributed by atoms with van der Waals surface area (Å²) in [4.78, 5) is 13.6. The highest BCUT2D eigenvalue weighted by Gasteiger charge is 2.28. The maximum absolute atomic E-state index is 11.9. The Labute approximate surface area is 104 Å². The number of halogens is 1. The number of aromatic nitrogens is 2. The Kier molecular flexibility index (Phi) is 2.63. The van der Waals surface area contributed by atoms with Crippen LogP contribution in [0.4, 0.5) is 4.79 Å². The smallest absolute Gasteiger partial charge is 0.317 e. The Morgan fingerprint density at radius 3 is 3.06 bits per heavy atom. The third kappa shape index (κ3) is 2.34. The number of amides is 2. The fraction of sp³-hybridized carbons (Fsp3) is 0.545. The maximum atomic E-state index is 11.9. The molecule has 0 unspecified atom stereocenters. The molecular formula is C11H13ClN4O. The number of hydrogen-bond donors (Lipinski definition) is 1. The van der Waals surface area contributed by atoms with Gasteiger partial charge >= 0.3 is 6.03 Å². The third-order valence-corrected chi connectivity index (χ3v) is 3.30. The lowest BCUT2D eigenvalue weighted by Gasteiger charge is -2.27. The fourth-order valence-electron chi connectivity index (χ4n) is 1.96. The Morgan fingerprint density at radius 2 is 2.29 bits per heavy atom. The molecule has 2 aliphatic rings. The van der Waals surface area contributed by atoms with Crippen molar-refractivity contribution >= 4 is 17.6 Å². The van der Waals surface area contributed by atoms with E-state index in [2.05, 4.69) is 15.5 Å². The Balaban J connectivity index is 1.71. The number of fused-ring (bicyclic) bond motifs is 1. The molecule has 0 atom stereocenters. The van der Waals surface area contributed by atoms with Gasteiger partial charge in [-0.2, -0.15) is 5.10 Å². The summed E-state index contributed by atoms with van der Waals surface area (Å²) in [7, 11) is 0. The van der Waals surface area contributed by atoms with Crippen LogP contribution in [-0.2, 0) is 13.0 Å². The van der Waals surface area contributed by atoms with E-state index in [0.29, 0.717) is 24.3 Å². The molecule has 1 saturated carbocycles. The van der Waals surface area contributed by atoms with Gasteiger partial charge < -0.3 is 10.2 Å². The quantitative estimate of drug-likeness (QED) is 0.821. The van der Waals surface area contributed by atoms with Gasteiger partial charge in [0.15, 0.2) is 5.15 Å². The molecule has 1 fully saturated rings. The third-order valence-electron chi connectivity index (χ3n) is 3.11. The van der Waals surface area contributed by atoms with Crippen LogP contribution in [-0.4, -0.2) is 33.7 Å². The number of carbonyl (C=O) groups excluding carboxylic acids is 1. The molecule has 90 valence electrons. The number of rotatable bonds is 1. The molecule has 2 amide bonds. The lowest BCUT2D eigenvalue weighted by atomic mass is 10.1. The van der Waals surface area contributed by atoms with Crippen molar-refractivity contribution in [1.82, 2.24) is 20.4 Å². The first-order valence-electron chi connectivity index (χ1n) is 5.79. The Morgan fingerprint density at radius 1 is 1.47 bits per heavy atom. The first-order valence-corrected chi connectivity index (χ1v) is 6.16. The SMILES string of the molecule is O=C(NC1CC1)N1CCc2cc(Cl)nnc2C1. The van der Waals surface area contributed by atoms with Gasteiger partial charge in [-0.05, 0) is 30.9 Å². The lowest BCUT2D eigenvalue weighted by Crippen LogP contribution is -2.43. The van der Waals surface area contributed by atoms with E-state index in [9.17, 15) is 4.79 Å². The summed E-state index contributed by atoms with van der Waals surface area (Å²) in [5.41, 5.74) is 1.95. The highest BCUT2D eigenvalue weighted by Crippen LogP contribution is 2.21. The second-order valence-electron chi connectivity index (χ2n) is 4.53. The number of carbonyl (C=O) groups is 1. The van der Waals surface area contributed by atoms with E-state index in [1.54, 1.807) is 4.90 Å². The second kappa shape index (κ2) is 4.14. The van der Waals surface area contributed by atoms with Crippen molar-refractivity contribution in [3.8, 4) is 0 Å². The second-order valence-corrected chi connectivity index (χ2v) is 4.92. The summed E-state index contributed by atoms with van der Waals surface area (Å²) in [6, 6.07) is 2.23. The average Bonchev–Trinajstić information content (AvgIpc) is 3.12. The van der Waals surface area contributed by atoms with Crippen LogP contribution < -0.4 is 5.32 Å². The molecule has 1 N–H and O–H groups in total. The molecule has 1 aliphatic heterocycles. The predicted molar refractivity (Wildman–Crippen MR) is 62.7 cm³/mol. The normalized spacial score (nSPS) is 18.8. The zero-order chi connectivity index (χ0) is 11.8. The van der Waals surface area contributed by atoms with Crippen LogP contribution in [0.15, 0.2) is 6.07 Å². The molecule has 0 spiro atoms. The van der Waals surface area contributed by atoms with E-state index in [1.165, 1.54) is 0 Å². The molecule has 0 saturated heterocycles. The van der Waals surface area contributed by atoms with E-state index in [1.807, 2.05) is 6.07 Å². The Hall–Kier alpha value is -1.36.